The van der Waals surface area contributed by atoms with Crippen LogP contribution in [0.1, 0.15) is 13.8 Å². The molecule has 0 aromatic carbocycles. The lowest BCUT2D eigenvalue weighted by Crippen LogP contribution is -2.49. The van der Waals surface area contributed by atoms with Crippen molar-refractivity contribution in [3.63, 3.8) is 0 Å². The molecule has 1 aromatic rings. The van der Waals surface area contributed by atoms with E-state index in [9.17, 15) is 19.2 Å². The first kappa shape index (κ1) is 12.9. The smallest absolute Gasteiger partial charge is 0.336 e. The average molecular weight is 243 g/mol. The Morgan fingerprint density at radius 1 is 1.29 bits per heavy atom. The second-order valence-corrected chi connectivity index (χ2v) is 3.70. The molecule has 0 spiro atoms. The van der Waals surface area contributed by atoms with Gasteiger partial charge in [-0.1, -0.05) is 0 Å². The number of carbonyl (C=O) groups excluding carboxylic acids is 1. The first-order valence-electron chi connectivity index (χ1n) is 4.92. The van der Waals surface area contributed by atoms with Gasteiger partial charge in [0.25, 0.3) is 0 Å². The zero-order valence-electron chi connectivity index (χ0n) is 9.72. The Bertz CT molecular complexity index is 592. The van der Waals surface area contributed by atoms with Gasteiger partial charge in [0, 0.05) is 7.05 Å². The fourth-order valence-corrected chi connectivity index (χ4v) is 1.17. The summed E-state index contributed by atoms with van der Waals surface area (Å²) in [5.41, 5.74) is -2.62. The highest BCUT2D eigenvalue weighted by Gasteiger charge is 2.12. The lowest BCUT2D eigenvalue weighted by atomic mass is 10.5. The molecule has 1 heterocycles. The summed E-state index contributed by atoms with van der Waals surface area (Å²) in [5.74, 6) is -0.716. The Labute approximate surface area is 95.5 Å². The second-order valence-electron chi connectivity index (χ2n) is 3.70. The van der Waals surface area contributed by atoms with Crippen LogP contribution in [0, 0.1) is 0 Å². The van der Waals surface area contributed by atoms with Crippen molar-refractivity contribution in [1.29, 1.82) is 0 Å². The van der Waals surface area contributed by atoms with E-state index >= 15 is 0 Å². The predicted molar refractivity (Wildman–Crippen MR) is 57.8 cm³/mol. The largest absolute Gasteiger partial charge is 0.462 e. The van der Waals surface area contributed by atoms with Crippen LogP contribution in [0.2, 0.25) is 0 Å². The predicted octanol–water partition coefficient (Wildman–Crippen LogP) is -1.81. The van der Waals surface area contributed by atoms with E-state index in [1.165, 1.54) is 7.05 Å². The lowest BCUT2D eigenvalue weighted by Gasteiger charge is -2.08. The number of esters is 1. The molecule has 0 radical (unpaired) electrons. The number of carbonyl (C=O) groups is 1. The highest BCUT2D eigenvalue weighted by Crippen LogP contribution is 1.89. The standard InChI is InChI=1S/C9H13N3O5/c1-5(2)17-6(13)4-12-8(15)10-7(14)11(3)9(12)16/h5H,4H2,1-3H3,(H,10,14,15). The number of aromatic amines is 1. The maximum atomic E-state index is 11.5. The molecule has 0 bridgehead atoms. The summed E-state index contributed by atoms with van der Waals surface area (Å²) in [6.45, 7) is 2.76. The van der Waals surface area contributed by atoms with E-state index in [2.05, 4.69) is 0 Å². The summed E-state index contributed by atoms with van der Waals surface area (Å²) >= 11 is 0. The van der Waals surface area contributed by atoms with E-state index in [1.807, 2.05) is 4.98 Å². The summed E-state index contributed by atoms with van der Waals surface area (Å²) in [4.78, 5) is 47.1. The zero-order chi connectivity index (χ0) is 13.2. The molecule has 94 valence electrons. The van der Waals surface area contributed by atoms with E-state index < -0.39 is 29.6 Å². The van der Waals surface area contributed by atoms with E-state index in [4.69, 9.17) is 4.74 Å². The molecule has 1 aromatic heterocycles. The van der Waals surface area contributed by atoms with E-state index in [-0.39, 0.29) is 6.10 Å². The van der Waals surface area contributed by atoms with Crippen LogP contribution >= 0.6 is 0 Å². The Balaban J connectivity index is 3.13. The molecular formula is C9H13N3O5. The summed E-state index contributed by atoms with van der Waals surface area (Å²) in [6.07, 6.45) is -0.343. The number of ether oxygens (including phenoxy) is 1. The van der Waals surface area contributed by atoms with Crippen molar-refractivity contribution in [1.82, 2.24) is 14.1 Å². The van der Waals surface area contributed by atoms with Crippen LogP contribution in [-0.2, 0) is 23.1 Å². The fourth-order valence-electron chi connectivity index (χ4n) is 1.17. The highest BCUT2D eigenvalue weighted by molar-refractivity contribution is 5.69. The number of hydrogen-bond acceptors (Lipinski definition) is 5. The lowest BCUT2D eigenvalue weighted by molar-refractivity contribution is -0.148. The van der Waals surface area contributed by atoms with E-state index in [0.29, 0.717) is 9.13 Å². The minimum Gasteiger partial charge on any atom is -0.462 e. The summed E-state index contributed by atoms with van der Waals surface area (Å²) in [6, 6.07) is 0. The van der Waals surface area contributed by atoms with Gasteiger partial charge < -0.3 is 4.74 Å². The fraction of sp³-hybridized carbons (Fsp3) is 0.556. The van der Waals surface area contributed by atoms with Crippen LogP contribution in [0.4, 0.5) is 0 Å². The quantitative estimate of drug-likeness (QED) is 0.630. The zero-order valence-corrected chi connectivity index (χ0v) is 9.72. The molecule has 8 nitrogen and oxygen atoms in total. The molecular weight excluding hydrogens is 230 g/mol. The van der Waals surface area contributed by atoms with Gasteiger partial charge in [-0.05, 0) is 13.8 Å². The van der Waals surface area contributed by atoms with Crippen molar-refractivity contribution in [2.75, 3.05) is 0 Å². The third-order valence-electron chi connectivity index (χ3n) is 1.94. The van der Waals surface area contributed by atoms with Crippen molar-refractivity contribution in [2.24, 2.45) is 7.05 Å². The molecule has 0 aliphatic rings. The third-order valence-corrected chi connectivity index (χ3v) is 1.94. The van der Waals surface area contributed by atoms with Crippen LogP contribution < -0.4 is 17.1 Å². The van der Waals surface area contributed by atoms with Crippen LogP contribution in [0.15, 0.2) is 14.4 Å². The minimum atomic E-state index is -0.932. The van der Waals surface area contributed by atoms with Gasteiger partial charge in [-0.25, -0.2) is 23.5 Å². The Morgan fingerprint density at radius 2 is 1.88 bits per heavy atom. The average Bonchev–Trinajstić information content (AvgIpc) is 2.20. The Kier molecular flexibility index (Phi) is 3.66. The molecule has 0 amide bonds. The summed E-state index contributed by atoms with van der Waals surface area (Å²) in [7, 11) is 1.20. The molecule has 0 aliphatic carbocycles. The van der Waals surface area contributed by atoms with E-state index in [1.54, 1.807) is 13.8 Å². The molecule has 0 unspecified atom stereocenters. The molecule has 1 N–H and O–H groups in total. The maximum Gasteiger partial charge on any atom is 0.336 e. The molecule has 0 saturated carbocycles. The Morgan fingerprint density at radius 3 is 2.41 bits per heavy atom. The minimum absolute atomic E-state index is 0.343. The monoisotopic (exact) mass is 243 g/mol. The second kappa shape index (κ2) is 4.81. The van der Waals surface area contributed by atoms with Gasteiger partial charge in [0.05, 0.1) is 6.10 Å². The van der Waals surface area contributed by atoms with Gasteiger partial charge in [0.2, 0.25) is 0 Å². The van der Waals surface area contributed by atoms with Crippen molar-refractivity contribution in [3.8, 4) is 0 Å². The van der Waals surface area contributed by atoms with Crippen LogP contribution in [-0.4, -0.2) is 26.2 Å². The van der Waals surface area contributed by atoms with Gasteiger partial charge in [-0.2, -0.15) is 0 Å². The van der Waals surface area contributed by atoms with Gasteiger partial charge in [0.1, 0.15) is 6.54 Å². The number of aromatic nitrogens is 3. The van der Waals surface area contributed by atoms with Gasteiger partial charge in [-0.15, -0.1) is 0 Å². The Hall–Kier alpha value is -2.12. The SMILES string of the molecule is CC(C)OC(=O)Cn1c(=O)[nH]c(=O)n(C)c1=O. The number of hydrogen-bond donors (Lipinski definition) is 1. The molecule has 0 saturated heterocycles. The van der Waals surface area contributed by atoms with Crippen LogP contribution in [0.25, 0.3) is 0 Å². The summed E-state index contributed by atoms with van der Waals surface area (Å²) < 4.78 is 6.10. The van der Waals surface area contributed by atoms with Gasteiger partial charge in [0.15, 0.2) is 0 Å². The van der Waals surface area contributed by atoms with Crippen molar-refractivity contribution >= 4 is 5.97 Å². The first-order valence-corrected chi connectivity index (χ1v) is 4.92. The molecule has 1 rings (SSSR count). The van der Waals surface area contributed by atoms with Crippen LogP contribution in [0.3, 0.4) is 0 Å². The van der Waals surface area contributed by atoms with Crippen molar-refractivity contribution < 1.29 is 9.53 Å². The summed E-state index contributed by atoms with van der Waals surface area (Å²) in [5, 5.41) is 0. The van der Waals surface area contributed by atoms with Crippen molar-refractivity contribution in [2.45, 2.75) is 26.5 Å². The number of H-pyrrole nitrogens is 1. The molecule has 8 heteroatoms. The number of rotatable bonds is 3. The number of nitrogens with one attached hydrogen (secondary N) is 1. The highest BCUT2D eigenvalue weighted by atomic mass is 16.5. The van der Waals surface area contributed by atoms with Gasteiger partial charge in [-0.3, -0.25) is 9.78 Å². The maximum absolute atomic E-state index is 11.5. The molecule has 0 aliphatic heterocycles. The van der Waals surface area contributed by atoms with Crippen molar-refractivity contribution in [3.05, 3.63) is 31.5 Å². The number of nitrogens with zero attached hydrogens (tertiary/aromatic N) is 2. The van der Waals surface area contributed by atoms with Crippen LogP contribution in [0.5, 0.6) is 0 Å². The molecule has 0 fully saturated rings. The van der Waals surface area contributed by atoms with E-state index in [0.717, 1.165) is 0 Å². The normalized spacial score (nSPS) is 10.6. The third kappa shape index (κ3) is 2.92. The topological polar surface area (TPSA) is 103 Å². The van der Waals surface area contributed by atoms with Gasteiger partial charge >= 0.3 is 23.0 Å². The first-order chi connectivity index (χ1) is 7.82. The molecule has 0 atom stereocenters. The molecule has 17 heavy (non-hydrogen) atoms.